The first kappa shape index (κ1) is 20.1. The summed E-state index contributed by atoms with van der Waals surface area (Å²) >= 11 is 7.23. The summed E-state index contributed by atoms with van der Waals surface area (Å²) in [5, 5.41) is 5.97. The van der Waals surface area contributed by atoms with E-state index < -0.39 is 11.8 Å². The van der Waals surface area contributed by atoms with Gasteiger partial charge in [0.25, 0.3) is 0 Å². The molecule has 2 amide bonds. The lowest BCUT2D eigenvalue weighted by atomic mass is 10.3. The molecule has 0 bridgehead atoms. The monoisotopic (exact) mass is 439 g/mol. The first-order chi connectivity index (χ1) is 14.5. The average molecular weight is 440 g/mol. The number of carbonyl (C=O) groups is 1. The summed E-state index contributed by atoms with van der Waals surface area (Å²) in [6.07, 6.45) is 1.67. The van der Waals surface area contributed by atoms with Gasteiger partial charge in [-0.1, -0.05) is 41.6 Å². The van der Waals surface area contributed by atoms with Crippen LogP contribution in [0.4, 0.5) is 20.6 Å². The van der Waals surface area contributed by atoms with E-state index in [1.165, 1.54) is 30.0 Å². The van der Waals surface area contributed by atoms with Crippen LogP contribution in [0.2, 0.25) is 5.02 Å². The third-order valence-corrected chi connectivity index (χ3v) is 5.30. The van der Waals surface area contributed by atoms with E-state index in [0.717, 1.165) is 9.92 Å². The molecule has 9 heteroatoms. The third kappa shape index (κ3) is 4.67. The Balaban J connectivity index is 1.51. The van der Waals surface area contributed by atoms with Crippen molar-refractivity contribution in [3.8, 4) is 0 Å². The summed E-state index contributed by atoms with van der Waals surface area (Å²) in [6.45, 7) is 1.77. The van der Waals surface area contributed by atoms with Gasteiger partial charge < -0.3 is 10.6 Å². The van der Waals surface area contributed by atoms with Gasteiger partial charge in [-0.05, 0) is 43.3 Å². The average Bonchev–Trinajstić information content (AvgIpc) is 2.72. The molecule has 150 valence electrons. The summed E-state index contributed by atoms with van der Waals surface area (Å²) < 4.78 is 13.3. The molecule has 2 aromatic carbocycles. The van der Waals surface area contributed by atoms with Crippen molar-refractivity contribution in [1.82, 2.24) is 15.0 Å². The van der Waals surface area contributed by atoms with Crippen molar-refractivity contribution in [2.45, 2.75) is 16.8 Å². The standard InChI is InChI=1S/C21H15ClFN5OS/c1-12-17(27-21(29)26-13-7-8-16(23)15(22)9-13)10-18-20(25-12)28-19(11-24-18)30-14-5-3-2-4-6-14/h2-11H,1H3,(H2,26,27,29). The predicted octanol–water partition coefficient (Wildman–Crippen LogP) is 5.92. The Bertz CT molecular complexity index is 1240. The summed E-state index contributed by atoms with van der Waals surface area (Å²) in [6, 6.07) is 15.0. The molecular formula is C21H15ClFN5OS. The maximum atomic E-state index is 13.3. The van der Waals surface area contributed by atoms with Crippen LogP contribution in [-0.4, -0.2) is 21.0 Å². The van der Waals surface area contributed by atoms with Crippen molar-refractivity contribution in [1.29, 1.82) is 0 Å². The van der Waals surface area contributed by atoms with E-state index in [0.29, 0.717) is 28.2 Å². The number of halogens is 2. The van der Waals surface area contributed by atoms with Crippen LogP contribution in [-0.2, 0) is 0 Å². The lowest BCUT2D eigenvalue weighted by molar-refractivity contribution is 0.262. The Labute approximate surface area is 180 Å². The van der Waals surface area contributed by atoms with E-state index in [4.69, 9.17) is 11.6 Å². The Hall–Kier alpha value is -3.23. The molecule has 2 heterocycles. The molecule has 0 aliphatic heterocycles. The smallest absolute Gasteiger partial charge is 0.308 e. The number of benzene rings is 2. The number of pyridine rings is 1. The molecule has 0 unspecified atom stereocenters. The fraction of sp³-hybridized carbons (Fsp3) is 0.0476. The maximum Gasteiger partial charge on any atom is 0.323 e. The zero-order valence-corrected chi connectivity index (χ0v) is 17.3. The molecule has 4 rings (SSSR count). The summed E-state index contributed by atoms with van der Waals surface area (Å²) in [4.78, 5) is 26.8. The van der Waals surface area contributed by atoms with Crippen LogP contribution in [0.15, 0.2) is 70.7 Å². The Morgan fingerprint density at radius 2 is 1.87 bits per heavy atom. The number of aryl methyl sites for hydroxylation is 1. The first-order valence-corrected chi connectivity index (χ1v) is 10.1. The highest BCUT2D eigenvalue weighted by Gasteiger charge is 2.11. The van der Waals surface area contributed by atoms with E-state index in [1.807, 2.05) is 30.3 Å². The van der Waals surface area contributed by atoms with Crippen molar-refractivity contribution in [3.63, 3.8) is 0 Å². The number of fused-ring (bicyclic) bond motifs is 1. The quantitative estimate of drug-likeness (QED) is 0.412. The zero-order chi connectivity index (χ0) is 21.1. The van der Waals surface area contributed by atoms with Crippen molar-refractivity contribution in [2.24, 2.45) is 0 Å². The molecule has 2 aromatic heterocycles. The van der Waals surface area contributed by atoms with Gasteiger partial charge in [-0.3, -0.25) is 0 Å². The van der Waals surface area contributed by atoms with Crippen molar-refractivity contribution in [3.05, 3.63) is 77.3 Å². The highest BCUT2D eigenvalue weighted by atomic mass is 35.5. The minimum atomic E-state index is -0.555. The number of nitrogens with one attached hydrogen (secondary N) is 2. The molecule has 30 heavy (non-hydrogen) atoms. The van der Waals surface area contributed by atoms with Crippen LogP contribution in [0.5, 0.6) is 0 Å². The number of rotatable bonds is 4. The lowest BCUT2D eigenvalue weighted by Gasteiger charge is -2.11. The minimum Gasteiger partial charge on any atom is -0.308 e. The summed E-state index contributed by atoms with van der Waals surface area (Å²) in [5.74, 6) is -0.555. The third-order valence-electron chi connectivity index (χ3n) is 4.10. The summed E-state index contributed by atoms with van der Waals surface area (Å²) in [5.41, 5.74) is 2.49. The van der Waals surface area contributed by atoms with E-state index in [9.17, 15) is 9.18 Å². The lowest BCUT2D eigenvalue weighted by Crippen LogP contribution is -2.20. The van der Waals surface area contributed by atoms with Gasteiger partial charge in [0.15, 0.2) is 5.65 Å². The molecule has 0 aliphatic carbocycles. The number of nitrogens with zero attached hydrogens (tertiary/aromatic N) is 3. The molecule has 4 aromatic rings. The van der Waals surface area contributed by atoms with E-state index in [2.05, 4.69) is 25.6 Å². The van der Waals surface area contributed by atoms with Crippen molar-refractivity contribution >= 4 is 51.9 Å². The largest absolute Gasteiger partial charge is 0.323 e. The topological polar surface area (TPSA) is 79.8 Å². The van der Waals surface area contributed by atoms with Gasteiger partial charge in [-0.15, -0.1) is 0 Å². The molecule has 0 spiro atoms. The van der Waals surface area contributed by atoms with Crippen LogP contribution in [0, 0.1) is 12.7 Å². The fourth-order valence-electron chi connectivity index (χ4n) is 2.66. The molecule has 0 radical (unpaired) electrons. The van der Waals surface area contributed by atoms with Crippen LogP contribution < -0.4 is 10.6 Å². The van der Waals surface area contributed by atoms with Crippen molar-refractivity contribution < 1.29 is 9.18 Å². The Kier molecular flexibility index (Phi) is 5.78. The Morgan fingerprint density at radius 3 is 2.63 bits per heavy atom. The van der Waals surface area contributed by atoms with Gasteiger partial charge in [0.05, 0.1) is 22.6 Å². The number of urea groups is 1. The number of hydrogen-bond acceptors (Lipinski definition) is 5. The number of carbonyl (C=O) groups excluding carboxylic acids is 1. The summed E-state index contributed by atoms with van der Waals surface area (Å²) in [7, 11) is 0. The molecule has 0 aliphatic rings. The molecular weight excluding hydrogens is 425 g/mol. The normalized spacial score (nSPS) is 10.8. The molecule has 0 saturated heterocycles. The molecule has 0 saturated carbocycles. The van der Waals surface area contributed by atoms with Crippen LogP contribution in [0.25, 0.3) is 11.2 Å². The van der Waals surface area contributed by atoms with Crippen LogP contribution >= 0.6 is 23.4 Å². The van der Waals surface area contributed by atoms with Gasteiger partial charge >= 0.3 is 6.03 Å². The van der Waals surface area contributed by atoms with Crippen LogP contribution in [0.1, 0.15) is 5.69 Å². The van der Waals surface area contributed by atoms with Crippen molar-refractivity contribution in [2.75, 3.05) is 10.6 Å². The number of amides is 2. The fourth-order valence-corrected chi connectivity index (χ4v) is 3.61. The highest BCUT2D eigenvalue weighted by molar-refractivity contribution is 7.99. The molecule has 0 fully saturated rings. The van der Waals surface area contributed by atoms with E-state index in [-0.39, 0.29) is 5.02 Å². The van der Waals surface area contributed by atoms with Crippen LogP contribution in [0.3, 0.4) is 0 Å². The van der Waals surface area contributed by atoms with Gasteiger partial charge in [-0.25, -0.2) is 24.1 Å². The minimum absolute atomic E-state index is 0.0733. The van der Waals surface area contributed by atoms with Gasteiger partial charge in [0, 0.05) is 10.6 Å². The number of aromatic nitrogens is 3. The van der Waals surface area contributed by atoms with Gasteiger partial charge in [-0.2, -0.15) is 0 Å². The maximum absolute atomic E-state index is 13.3. The van der Waals surface area contributed by atoms with E-state index >= 15 is 0 Å². The molecule has 2 N–H and O–H groups in total. The highest BCUT2D eigenvalue weighted by Crippen LogP contribution is 2.27. The second kappa shape index (κ2) is 8.64. The second-order valence-corrected chi connectivity index (χ2v) is 7.80. The zero-order valence-electron chi connectivity index (χ0n) is 15.7. The SMILES string of the molecule is Cc1nc2nc(Sc3ccccc3)cnc2cc1NC(=O)Nc1ccc(F)c(Cl)c1. The van der Waals surface area contributed by atoms with Gasteiger partial charge in [0.2, 0.25) is 0 Å². The second-order valence-electron chi connectivity index (χ2n) is 6.30. The van der Waals surface area contributed by atoms with Gasteiger partial charge in [0.1, 0.15) is 16.4 Å². The van der Waals surface area contributed by atoms with E-state index in [1.54, 1.807) is 19.2 Å². The molecule has 0 atom stereocenters. The number of hydrogen-bond donors (Lipinski definition) is 2. The number of anilines is 2. The predicted molar refractivity (Wildman–Crippen MR) is 117 cm³/mol. The molecule has 6 nitrogen and oxygen atoms in total. The Morgan fingerprint density at radius 1 is 1.07 bits per heavy atom. The first-order valence-electron chi connectivity index (χ1n) is 8.88.